The van der Waals surface area contributed by atoms with Crippen molar-refractivity contribution in [2.75, 3.05) is 11.8 Å². The minimum absolute atomic E-state index is 0.0579. The SMILES string of the molecule is CN(Cc1cnn(C)c1)C(=O)c1cccc(S(=O)(=O)Nc2ccc(F)cc2)c1. The summed E-state index contributed by atoms with van der Waals surface area (Å²) < 4.78 is 42.2. The topological polar surface area (TPSA) is 84.3 Å². The molecule has 146 valence electrons. The number of rotatable bonds is 6. The number of hydrogen-bond acceptors (Lipinski definition) is 4. The zero-order valence-electron chi connectivity index (χ0n) is 15.3. The van der Waals surface area contributed by atoms with Crippen molar-refractivity contribution in [3.05, 3.63) is 77.9 Å². The van der Waals surface area contributed by atoms with E-state index in [1.54, 1.807) is 37.2 Å². The number of hydrogen-bond donors (Lipinski definition) is 1. The van der Waals surface area contributed by atoms with Crippen molar-refractivity contribution < 1.29 is 17.6 Å². The molecule has 0 radical (unpaired) electrons. The van der Waals surface area contributed by atoms with Crippen LogP contribution in [0.15, 0.2) is 65.8 Å². The Morgan fingerprint density at radius 1 is 1.21 bits per heavy atom. The van der Waals surface area contributed by atoms with Crippen molar-refractivity contribution >= 4 is 21.6 Å². The van der Waals surface area contributed by atoms with Gasteiger partial charge in [0.1, 0.15) is 5.82 Å². The van der Waals surface area contributed by atoms with Gasteiger partial charge in [0.25, 0.3) is 15.9 Å². The highest BCUT2D eigenvalue weighted by Crippen LogP contribution is 2.18. The van der Waals surface area contributed by atoms with Crippen molar-refractivity contribution in [2.24, 2.45) is 7.05 Å². The predicted molar refractivity (Wildman–Crippen MR) is 103 cm³/mol. The van der Waals surface area contributed by atoms with E-state index in [0.717, 1.165) is 17.7 Å². The Kier molecular flexibility index (Phi) is 5.46. The molecular weight excluding hydrogens is 383 g/mol. The van der Waals surface area contributed by atoms with E-state index in [2.05, 4.69) is 9.82 Å². The molecule has 0 aliphatic heterocycles. The number of aromatic nitrogens is 2. The molecule has 7 nitrogen and oxygen atoms in total. The Morgan fingerprint density at radius 3 is 2.57 bits per heavy atom. The highest BCUT2D eigenvalue weighted by molar-refractivity contribution is 7.92. The lowest BCUT2D eigenvalue weighted by Crippen LogP contribution is -2.26. The van der Waals surface area contributed by atoms with Gasteiger partial charge in [0.05, 0.1) is 11.1 Å². The van der Waals surface area contributed by atoms with E-state index in [1.165, 1.54) is 35.2 Å². The quantitative estimate of drug-likeness (QED) is 0.687. The summed E-state index contributed by atoms with van der Waals surface area (Å²) in [6.07, 6.45) is 3.47. The van der Waals surface area contributed by atoms with Crippen LogP contribution in [0.4, 0.5) is 10.1 Å². The second kappa shape index (κ2) is 7.81. The first-order chi connectivity index (χ1) is 13.2. The second-order valence-electron chi connectivity index (χ2n) is 6.32. The van der Waals surface area contributed by atoms with Crippen LogP contribution < -0.4 is 4.72 Å². The zero-order chi connectivity index (χ0) is 20.3. The molecule has 3 rings (SSSR count). The third kappa shape index (κ3) is 4.55. The van der Waals surface area contributed by atoms with Crippen molar-refractivity contribution in [1.29, 1.82) is 0 Å². The molecule has 0 atom stereocenters. The largest absolute Gasteiger partial charge is 0.337 e. The van der Waals surface area contributed by atoms with Gasteiger partial charge in [-0.25, -0.2) is 12.8 Å². The van der Waals surface area contributed by atoms with Crippen LogP contribution in [-0.2, 0) is 23.6 Å². The van der Waals surface area contributed by atoms with Gasteiger partial charge in [-0.15, -0.1) is 0 Å². The average molecular weight is 402 g/mol. The maximum absolute atomic E-state index is 13.0. The minimum Gasteiger partial charge on any atom is -0.337 e. The van der Waals surface area contributed by atoms with Crippen LogP contribution in [0.25, 0.3) is 0 Å². The zero-order valence-corrected chi connectivity index (χ0v) is 16.1. The highest BCUT2D eigenvalue weighted by Gasteiger charge is 2.18. The summed E-state index contributed by atoms with van der Waals surface area (Å²) in [4.78, 5) is 14.1. The van der Waals surface area contributed by atoms with Crippen LogP contribution in [0.5, 0.6) is 0 Å². The smallest absolute Gasteiger partial charge is 0.261 e. The molecule has 3 aromatic rings. The first-order valence-electron chi connectivity index (χ1n) is 8.36. The number of carbonyl (C=O) groups excluding carboxylic acids is 1. The van der Waals surface area contributed by atoms with Gasteiger partial charge in [-0.05, 0) is 42.5 Å². The second-order valence-corrected chi connectivity index (χ2v) is 8.01. The van der Waals surface area contributed by atoms with E-state index in [0.29, 0.717) is 6.54 Å². The molecule has 0 unspecified atom stereocenters. The van der Waals surface area contributed by atoms with Crippen molar-refractivity contribution in [3.63, 3.8) is 0 Å². The predicted octanol–water partition coefficient (Wildman–Crippen LogP) is 2.63. The number of carbonyl (C=O) groups is 1. The fourth-order valence-corrected chi connectivity index (χ4v) is 3.75. The molecule has 0 aliphatic rings. The first kappa shape index (κ1) is 19.6. The number of amides is 1. The van der Waals surface area contributed by atoms with E-state index in [4.69, 9.17) is 0 Å². The molecular formula is C19H19FN4O3S. The summed E-state index contributed by atoms with van der Waals surface area (Å²) in [5.41, 5.74) is 1.33. The number of nitrogens with one attached hydrogen (secondary N) is 1. The fraction of sp³-hybridized carbons (Fsp3) is 0.158. The maximum atomic E-state index is 13.0. The van der Waals surface area contributed by atoms with Gasteiger partial charge in [-0.2, -0.15) is 5.10 Å². The highest BCUT2D eigenvalue weighted by atomic mass is 32.2. The third-order valence-corrected chi connectivity index (χ3v) is 5.39. The molecule has 0 saturated heterocycles. The molecule has 1 N–H and O–H groups in total. The summed E-state index contributed by atoms with van der Waals surface area (Å²) in [6.45, 7) is 0.345. The summed E-state index contributed by atoms with van der Waals surface area (Å²) in [7, 11) is -0.502. The van der Waals surface area contributed by atoms with Crippen LogP contribution in [-0.4, -0.2) is 36.1 Å². The first-order valence-corrected chi connectivity index (χ1v) is 9.84. The van der Waals surface area contributed by atoms with Gasteiger partial charge in [0, 0.05) is 43.7 Å². The maximum Gasteiger partial charge on any atom is 0.261 e. The summed E-state index contributed by atoms with van der Waals surface area (Å²) >= 11 is 0. The lowest BCUT2D eigenvalue weighted by Gasteiger charge is -2.17. The van der Waals surface area contributed by atoms with Crippen LogP contribution in [0.3, 0.4) is 0 Å². The van der Waals surface area contributed by atoms with E-state index in [1.807, 2.05) is 0 Å². The van der Waals surface area contributed by atoms with Crippen LogP contribution >= 0.6 is 0 Å². The normalized spacial score (nSPS) is 11.2. The lowest BCUT2D eigenvalue weighted by atomic mass is 10.2. The lowest BCUT2D eigenvalue weighted by molar-refractivity contribution is 0.0785. The third-order valence-electron chi connectivity index (χ3n) is 4.01. The Bertz CT molecular complexity index is 1090. The Labute approximate surface area is 162 Å². The minimum atomic E-state index is -3.92. The van der Waals surface area contributed by atoms with Crippen molar-refractivity contribution in [2.45, 2.75) is 11.4 Å². The number of benzene rings is 2. The van der Waals surface area contributed by atoms with Crippen LogP contribution in [0.1, 0.15) is 15.9 Å². The number of sulfonamides is 1. The molecule has 0 spiro atoms. The molecule has 0 aliphatic carbocycles. The number of aryl methyl sites for hydroxylation is 1. The molecule has 0 saturated carbocycles. The number of nitrogens with zero attached hydrogens (tertiary/aromatic N) is 3. The number of anilines is 1. The van der Waals surface area contributed by atoms with Gasteiger partial charge in [0.2, 0.25) is 0 Å². The molecule has 1 aromatic heterocycles. The molecule has 0 fully saturated rings. The van der Waals surface area contributed by atoms with Crippen molar-refractivity contribution in [1.82, 2.24) is 14.7 Å². The average Bonchev–Trinajstić information content (AvgIpc) is 3.07. The van der Waals surface area contributed by atoms with Crippen LogP contribution in [0, 0.1) is 5.82 Å². The van der Waals surface area contributed by atoms with Crippen LogP contribution in [0.2, 0.25) is 0 Å². The van der Waals surface area contributed by atoms with Gasteiger partial charge in [0.15, 0.2) is 0 Å². The van der Waals surface area contributed by atoms with E-state index in [-0.39, 0.29) is 22.1 Å². The summed E-state index contributed by atoms with van der Waals surface area (Å²) in [5, 5.41) is 4.06. The molecule has 1 amide bonds. The fourth-order valence-electron chi connectivity index (χ4n) is 2.65. The Balaban J connectivity index is 1.78. The van der Waals surface area contributed by atoms with Gasteiger partial charge in [-0.3, -0.25) is 14.2 Å². The van der Waals surface area contributed by atoms with Crippen molar-refractivity contribution in [3.8, 4) is 0 Å². The summed E-state index contributed by atoms with van der Waals surface area (Å²) in [5.74, 6) is -0.783. The summed E-state index contributed by atoms with van der Waals surface area (Å²) in [6, 6.07) is 10.7. The Hall–Kier alpha value is -3.20. The molecule has 9 heteroatoms. The van der Waals surface area contributed by atoms with Gasteiger partial charge in [-0.1, -0.05) is 6.07 Å². The van der Waals surface area contributed by atoms with Gasteiger partial charge < -0.3 is 4.90 Å². The van der Waals surface area contributed by atoms with E-state index in [9.17, 15) is 17.6 Å². The standard InChI is InChI=1S/C19H19FN4O3S/c1-23(12-14-11-21-24(2)13-14)19(25)15-4-3-5-18(10-15)28(26,27)22-17-8-6-16(20)7-9-17/h3-11,13,22H,12H2,1-2H3. The monoisotopic (exact) mass is 402 g/mol. The van der Waals surface area contributed by atoms with E-state index < -0.39 is 15.8 Å². The van der Waals surface area contributed by atoms with E-state index >= 15 is 0 Å². The molecule has 1 heterocycles. The number of halogens is 1. The molecule has 28 heavy (non-hydrogen) atoms. The Morgan fingerprint density at radius 2 is 1.93 bits per heavy atom. The van der Waals surface area contributed by atoms with Gasteiger partial charge >= 0.3 is 0 Å². The molecule has 0 bridgehead atoms. The molecule has 2 aromatic carbocycles.